The van der Waals surface area contributed by atoms with Crippen LogP contribution in [0.5, 0.6) is 5.75 Å². The van der Waals surface area contributed by atoms with Gasteiger partial charge in [0, 0.05) is 50.2 Å². The summed E-state index contributed by atoms with van der Waals surface area (Å²) in [7, 11) is 0. The van der Waals surface area contributed by atoms with Gasteiger partial charge in [-0.25, -0.2) is 4.79 Å². The van der Waals surface area contributed by atoms with Gasteiger partial charge in [-0.15, -0.1) is 0 Å². The summed E-state index contributed by atoms with van der Waals surface area (Å²) < 4.78 is 34.5. The van der Waals surface area contributed by atoms with E-state index in [1.807, 2.05) is 17.2 Å². The zero-order valence-corrected chi connectivity index (χ0v) is 22.4. The lowest BCUT2D eigenvalue weighted by atomic mass is 9.92. The monoisotopic (exact) mass is 555 g/mol. The number of piperazine rings is 1. The Hall–Kier alpha value is -3.80. The number of pyridine rings is 1. The zero-order chi connectivity index (χ0) is 27.7. The van der Waals surface area contributed by atoms with E-state index in [4.69, 9.17) is 4.52 Å². The minimum Gasteiger partial charge on any atom is -0.435 e. The lowest BCUT2D eigenvalue weighted by molar-refractivity contribution is -0.0498. The SMILES string of the molecule is O=C(NCCCN1CCC(Cc2ccccn2)CC1)N1CCN(c2nc(-c3ccc(OC(F)F)cc3)no2)CC1. The number of carbonyl (C=O) groups is 1. The van der Waals surface area contributed by atoms with Crippen LogP contribution in [-0.4, -0.2) is 89.9 Å². The highest BCUT2D eigenvalue weighted by Gasteiger charge is 2.25. The maximum atomic E-state index is 12.7. The molecule has 1 N–H and O–H groups in total. The smallest absolute Gasteiger partial charge is 0.387 e. The summed E-state index contributed by atoms with van der Waals surface area (Å²) >= 11 is 0. The lowest BCUT2D eigenvalue weighted by Crippen LogP contribution is -2.52. The number of urea groups is 1. The fourth-order valence-corrected chi connectivity index (χ4v) is 5.19. The third-order valence-corrected chi connectivity index (χ3v) is 7.45. The van der Waals surface area contributed by atoms with Gasteiger partial charge in [-0.1, -0.05) is 11.2 Å². The van der Waals surface area contributed by atoms with Crippen molar-refractivity contribution in [2.75, 3.05) is 57.3 Å². The first-order valence-electron chi connectivity index (χ1n) is 13.8. The maximum absolute atomic E-state index is 12.7. The number of alkyl halides is 2. The van der Waals surface area contributed by atoms with Crippen LogP contribution in [0.2, 0.25) is 0 Å². The van der Waals surface area contributed by atoms with E-state index >= 15 is 0 Å². The molecule has 0 saturated carbocycles. The molecule has 2 amide bonds. The number of halogens is 2. The van der Waals surface area contributed by atoms with E-state index < -0.39 is 6.61 Å². The number of ether oxygens (including phenoxy) is 1. The molecular weight excluding hydrogens is 520 g/mol. The molecule has 2 aliphatic rings. The summed E-state index contributed by atoms with van der Waals surface area (Å²) in [4.78, 5) is 27.8. The predicted molar refractivity (Wildman–Crippen MR) is 145 cm³/mol. The summed E-state index contributed by atoms with van der Waals surface area (Å²) in [6.45, 7) is 3.22. The molecule has 0 spiro atoms. The minimum absolute atomic E-state index is 0.0500. The van der Waals surface area contributed by atoms with Crippen LogP contribution in [0.1, 0.15) is 25.0 Å². The topological polar surface area (TPSA) is 99.9 Å². The predicted octanol–water partition coefficient (Wildman–Crippen LogP) is 3.91. The largest absolute Gasteiger partial charge is 0.435 e. The molecule has 2 aliphatic heterocycles. The number of piperidine rings is 1. The molecule has 0 aliphatic carbocycles. The fourth-order valence-electron chi connectivity index (χ4n) is 5.19. The molecule has 3 aromatic rings. The van der Waals surface area contributed by atoms with Crippen molar-refractivity contribution in [1.82, 2.24) is 30.2 Å². The zero-order valence-electron chi connectivity index (χ0n) is 22.4. The van der Waals surface area contributed by atoms with Crippen LogP contribution in [0.15, 0.2) is 53.2 Å². The number of nitrogens with one attached hydrogen (secondary N) is 1. The highest BCUT2D eigenvalue weighted by Crippen LogP contribution is 2.24. The van der Waals surface area contributed by atoms with Gasteiger partial charge in [0.25, 0.3) is 0 Å². The Morgan fingerprint density at radius 3 is 2.52 bits per heavy atom. The quantitative estimate of drug-likeness (QED) is 0.376. The molecule has 40 heavy (non-hydrogen) atoms. The van der Waals surface area contributed by atoms with Gasteiger partial charge < -0.3 is 29.3 Å². The van der Waals surface area contributed by atoms with Gasteiger partial charge in [0.2, 0.25) is 5.82 Å². The number of likely N-dealkylation sites (tertiary alicyclic amines) is 1. The number of hydrogen-bond donors (Lipinski definition) is 1. The number of amides is 2. The minimum atomic E-state index is -2.87. The van der Waals surface area contributed by atoms with Crippen LogP contribution < -0.4 is 15.0 Å². The second-order valence-electron chi connectivity index (χ2n) is 10.2. The van der Waals surface area contributed by atoms with Gasteiger partial charge in [-0.05, 0) is 87.6 Å². The lowest BCUT2D eigenvalue weighted by Gasteiger charge is -2.34. The fraction of sp³-hybridized carbons (Fsp3) is 0.500. The van der Waals surface area contributed by atoms with Crippen LogP contribution in [0.25, 0.3) is 11.4 Å². The van der Waals surface area contributed by atoms with E-state index in [0.717, 1.165) is 32.5 Å². The van der Waals surface area contributed by atoms with E-state index in [2.05, 4.69) is 42.2 Å². The molecule has 1 aromatic carbocycles. The molecule has 0 atom stereocenters. The van der Waals surface area contributed by atoms with E-state index in [9.17, 15) is 13.6 Å². The molecule has 12 heteroatoms. The molecule has 0 bridgehead atoms. The molecule has 2 saturated heterocycles. The Labute approximate surface area is 232 Å². The van der Waals surface area contributed by atoms with E-state index in [1.165, 1.54) is 30.7 Å². The van der Waals surface area contributed by atoms with Crippen molar-refractivity contribution in [3.8, 4) is 17.1 Å². The van der Waals surface area contributed by atoms with Gasteiger partial charge >= 0.3 is 18.7 Å². The number of rotatable bonds is 10. The summed E-state index contributed by atoms with van der Waals surface area (Å²) in [6.07, 6.45) is 6.23. The summed E-state index contributed by atoms with van der Waals surface area (Å²) in [5.74, 6) is 1.12. The average Bonchev–Trinajstić information content (AvgIpc) is 3.47. The van der Waals surface area contributed by atoms with E-state index in [1.54, 1.807) is 17.0 Å². The number of aromatic nitrogens is 3. The summed E-state index contributed by atoms with van der Waals surface area (Å²) in [6, 6.07) is 12.5. The third-order valence-electron chi connectivity index (χ3n) is 7.45. The first kappa shape index (κ1) is 27.8. The van der Waals surface area contributed by atoms with Crippen molar-refractivity contribution in [1.29, 1.82) is 0 Å². The van der Waals surface area contributed by atoms with Crippen molar-refractivity contribution in [3.63, 3.8) is 0 Å². The number of hydrogen-bond acceptors (Lipinski definition) is 8. The molecule has 4 heterocycles. The van der Waals surface area contributed by atoms with Gasteiger partial charge in [-0.3, -0.25) is 4.98 Å². The molecule has 10 nitrogen and oxygen atoms in total. The van der Waals surface area contributed by atoms with Gasteiger partial charge in [-0.2, -0.15) is 13.8 Å². The van der Waals surface area contributed by atoms with Gasteiger partial charge in [0.1, 0.15) is 5.75 Å². The molecule has 2 aromatic heterocycles. The first-order chi connectivity index (χ1) is 19.5. The van der Waals surface area contributed by atoms with Crippen molar-refractivity contribution in [2.45, 2.75) is 32.3 Å². The standard InChI is InChI=1S/C28H35F2N7O3/c29-26(30)39-24-7-5-22(6-8-24)25-33-28(40-34-25)37-18-16-36(17-19-37)27(38)32-12-3-13-35-14-9-21(10-15-35)20-23-4-1-2-11-31-23/h1-2,4-8,11,21,26H,3,9-10,12-20H2,(H,32,38). The molecule has 214 valence electrons. The summed E-state index contributed by atoms with van der Waals surface area (Å²) in [5, 5.41) is 7.06. The van der Waals surface area contributed by atoms with Crippen molar-refractivity contribution < 1.29 is 22.8 Å². The van der Waals surface area contributed by atoms with Crippen molar-refractivity contribution >= 4 is 12.0 Å². The number of anilines is 1. The Morgan fingerprint density at radius 2 is 1.82 bits per heavy atom. The van der Waals surface area contributed by atoms with Crippen molar-refractivity contribution in [2.24, 2.45) is 5.92 Å². The third kappa shape index (κ3) is 7.65. The van der Waals surface area contributed by atoms with Crippen LogP contribution in [-0.2, 0) is 6.42 Å². The van der Waals surface area contributed by atoms with Crippen LogP contribution in [0.3, 0.4) is 0 Å². The Kier molecular flexibility index (Phi) is 9.38. The Balaban J connectivity index is 0.972. The Morgan fingerprint density at radius 1 is 1.05 bits per heavy atom. The highest BCUT2D eigenvalue weighted by atomic mass is 19.3. The average molecular weight is 556 g/mol. The summed E-state index contributed by atoms with van der Waals surface area (Å²) in [5.41, 5.74) is 1.81. The van der Waals surface area contributed by atoms with Crippen LogP contribution >= 0.6 is 0 Å². The molecular formula is C28H35F2N7O3. The number of nitrogens with zero attached hydrogens (tertiary/aromatic N) is 6. The molecule has 2 fully saturated rings. The van der Waals surface area contributed by atoms with Gasteiger partial charge in [0.15, 0.2) is 0 Å². The van der Waals surface area contributed by atoms with E-state index in [-0.39, 0.29) is 11.8 Å². The normalized spacial score (nSPS) is 16.9. The molecule has 5 rings (SSSR count). The maximum Gasteiger partial charge on any atom is 0.387 e. The number of carbonyl (C=O) groups excluding carboxylic acids is 1. The second kappa shape index (κ2) is 13.5. The number of benzene rings is 1. The second-order valence-corrected chi connectivity index (χ2v) is 10.2. The first-order valence-corrected chi connectivity index (χ1v) is 13.8. The molecule has 0 unspecified atom stereocenters. The van der Waals surface area contributed by atoms with Crippen molar-refractivity contribution in [3.05, 3.63) is 54.4 Å². The Bertz CT molecular complexity index is 1200. The van der Waals surface area contributed by atoms with E-state index in [0.29, 0.717) is 56.0 Å². The highest BCUT2D eigenvalue weighted by molar-refractivity contribution is 5.74. The van der Waals surface area contributed by atoms with Gasteiger partial charge in [0.05, 0.1) is 0 Å². The molecule has 0 radical (unpaired) electrons. The van der Waals surface area contributed by atoms with Crippen LogP contribution in [0, 0.1) is 5.92 Å². The van der Waals surface area contributed by atoms with Crippen LogP contribution in [0.4, 0.5) is 19.6 Å².